The minimum absolute atomic E-state index is 0.217. The van der Waals surface area contributed by atoms with Crippen LogP contribution in [0.3, 0.4) is 0 Å². The molecule has 0 aliphatic heterocycles. The average molecular weight is 290 g/mol. The first-order chi connectivity index (χ1) is 10.8. The second kappa shape index (κ2) is 6.90. The summed E-state index contributed by atoms with van der Waals surface area (Å²) in [6, 6.07) is 28.0. The largest absolute Gasteiger partial charge is 0.360 e. The van der Waals surface area contributed by atoms with Gasteiger partial charge in [0, 0.05) is 13.1 Å². The molecule has 0 saturated carbocycles. The molecule has 0 aliphatic carbocycles. The Morgan fingerprint density at radius 2 is 1.32 bits per heavy atom. The van der Waals surface area contributed by atoms with Gasteiger partial charge in [0.25, 0.3) is 0 Å². The summed E-state index contributed by atoms with van der Waals surface area (Å²) in [4.78, 5) is 2.04. The molecular formula is C20H17FN. The molecule has 3 aromatic carbocycles. The van der Waals surface area contributed by atoms with Crippen LogP contribution < -0.4 is 4.90 Å². The van der Waals surface area contributed by atoms with Gasteiger partial charge in [0.05, 0.1) is 5.69 Å². The smallest absolute Gasteiger partial charge is 0.146 e. The Kier molecular flexibility index (Phi) is 4.50. The molecule has 0 heterocycles. The second-order valence-electron chi connectivity index (χ2n) is 5.20. The van der Waals surface area contributed by atoms with Crippen molar-refractivity contribution in [1.82, 2.24) is 0 Å². The van der Waals surface area contributed by atoms with Crippen LogP contribution in [0.5, 0.6) is 0 Å². The van der Waals surface area contributed by atoms with Gasteiger partial charge in [-0.2, -0.15) is 0 Å². The highest BCUT2D eigenvalue weighted by molar-refractivity contribution is 5.48. The van der Waals surface area contributed by atoms with Gasteiger partial charge in [-0.1, -0.05) is 66.7 Å². The van der Waals surface area contributed by atoms with E-state index in [0.717, 1.165) is 11.1 Å². The average Bonchev–Trinajstić information content (AvgIpc) is 2.57. The van der Waals surface area contributed by atoms with E-state index in [2.05, 4.69) is 30.3 Å². The summed E-state index contributed by atoms with van der Waals surface area (Å²) >= 11 is 0. The Morgan fingerprint density at radius 1 is 0.773 bits per heavy atom. The number of hydrogen-bond acceptors (Lipinski definition) is 1. The lowest BCUT2D eigenvalue weighted by Gasteiger charge is -2.25. The van der Waals surface area contributed by atoms with Crippen LogP contribution in [-0.4, -0.2) is 0 Å². The molecule has 0 aromatic heterocycles. The van der Waals surface area contributed by atoms with Crippen LogP contribution in [0.1, 0.15) is 11.1 Å². The Hall–Kier alpha value is -2.61. The first-order valence-electron chi connectivity index (χ1n) is 7.31. The molecule has 0 saturated heterocycles. The molecule has 0 bridgehead atoms. The van der Waals surface area contributed by atoms with Gasteiger partial charge < -0.3 is 4.90 Å². The van der Waals surface area contributed by atoms with Crippen LogP contribution >= 0.6 is 0 Å². The molecule has 1 radical (unpaired) electrons. The zero-order valence-electron chi connectivity index (χ0n) is 12.2. The summed E-state index contributed by atoms with van der Waals surface area (Å²) in [5, 5.41) is 0. The molecule has 0 N–H and O–H groups in total. The van der Waals surface area contributed by atoms with E-state index in [4.69, 9.17) is 0 Å². The van der Waals surface area contributed by atoms with Gasteiger partial charge in [-0.05, 0) is 29.3 Å². The monoisotopic (exact) mass is 290 g/mol. The molecule has 0 atom stereocenters. The third kappa shape index (κ3) is 3.53. The van der Waals surface area contributed by atoms with Crippen molar-refractivity contribution >= 4 is 5.69 Å². The third-order valence-corrected chi connectivity index (χ3v) is 3.56. The molecule has 0 fully saturated rings. The number of benzene rings is 3. The van der Waals surface area contributed by atoms with E-state index in [1.807, 2.05) is 41.3 Å². The molecule has 22 heavy (non-hydrogen) atoms. The highest BCUT2D eigenvalue weighted by Gasteiger charge is 2.12. The maximum absolute atomic E-state index is 14.2. The summed E-state index contributed by atoms with van der Waals surface area (Å²) in [7, 11) is 0. The molecule has 109 valence electrons. The van der Waals surface area contributed by atoms with E-state index >= 15 is 0 Å². The normalized spacial score (nSPS) is 10.4. The van der Waals surface area contributed by atoms with E-state index in [0.29, 0.717) is 18.8 Å². The van der Waals surface area contributed by atoms with Crippen LogP contribution in [0.25, 0.3) is 0 Å². The summed E-state index contributed by atoms with van der Waals surface area (Å²) in [5.41, 5.74) is 2.89. The molecule has 3 aromatic rings. The molecule has 3 rings (SSSR count). The minimum atomic E-state index is -0.217. The summed E-state index contributed by atoms with van der Waals surface area (Å²) < 4.78 is 14.2. The zero-order valence-corrected chi connectivity index (χ0v) is 12.2. The van der Waals surface area contributed by atoms with E-state index in [-0.39, 0.29) is 5.82 Å². The quantitative estimate of drug-likeness (QED) is 0.650. The van der Waals surface area contributed by atoms with Crippen molar-refractivity contribution in [1.29, 1.82) is 0 Å². The fourth-order valence-corrected chi connectivity index (χ4v) is 2.48. The van der Waals surface area contributed by atoms with Crippen molar-refractivity contribution in [3.63, 3.8) is 0 Å². The Morgan fingerprint density at radius 3 is 1.82 bits per heavy atom. The minimum Gasteiger partial charge on any atom is -0.360 e. The summed E-state index contributed by atoms with van der Waals surface area (Å²) in [5.74, 6) is -0.217. The maximum atomic E-state index is 14.2. The summed E-state index contributed by atoms with van der Waals surface area (Å²) in [6.07, 6.45) is 0. The Labute approximate surface area is 130 Å². The predicted molar refractivity (Wildman–Crippen MR) is 88.0 cm³/mol. The standard InChI is InChI=1S/C20H17FN/c21-19-13-7-8-14-20(19)22(15-17-9-3-1-4-10-17)16-18-11-5-2-6-12-18/h1-7,9-14H,15-16H2. The SMILES string of the molecule is Fc1cc[c]cc1N(Cc1ccccc1)Cc1ccccc1. The van der Waals surface area contributed by atoms with Crippen molar-refractivity contribution in [3.05, 3.63) is 102 Å². The lowest BCUT2D eigenvalue weighted by Crippen LogP contribution is -2.23. The molecular weight excluding hydrogens is 273 g/mol. The van der Waals surface area contributed by atoms with Crippen molar-refractivity contribution in [3.8, 4) is 0 Å². The summed E-state index contributed by atoms with van der Waals surface area (Å²) in [6.45, 7) is 1.31. The van der Waals surface area contributed by atoms with Crippen LogP contribution in [0.2, 0.25) is 0 Å². The van der Waals surface area contributed by atoms with Gasteiger partial charge in [-0.3, -0.25) is 0 Å². The van der Waals surface area contributed by atoms with Gasteiger partial charge >= 0.3 is 0 Å². The number of nitrogens with zero attached hydrogens (tertiary/aromatic N) is 1. The van der Waals surface area contributed by atoms with Crippen LogP contribution in [0.15, 0.2) is 78.9 Å². The number of hydrogen-bond donors (Lipinski definition) is 0. The van der Waals surface area contributed by atoms with Gasteiger partial charge in [0.1, 0.15) is 5.82 Å². The highest BCUT2D eigenvalue weighted by atomic mass is 19.1. The zero-order chi connectivity index (χ0) is 15.2. The third-order valence-electron chi connectivity index (χ3n) is 3.56. The lowest BCUT2D eigenvalue weighted by molar-refractivity contribution is 0.615. The molecule has 0 amide bonds. The van der Waals surface area contributed by atoms with Crippen molar-refractivity contribution in [2.45, 2.75) is 13.1 Å². The van der Waals surface area contributed by atoms with Crippen LogP contribution in [0, 0.1) is 11.9 Å². The van der Waals surface area contributed by atoms with E-state index in [1.165, 1.54) is 6.07 Å². The topological polar surface area (TPSA) is 3.24 Å². The predicted octanol–water partition coefficient (Wildman–Crippen LogP) is 4.83. The fourth-order valence-electron chi connectivity index (χ4n) is 2.48. The van der Waals surface area contributed by atoms with Crippen molar-refractivity contribution < 1.29 is 4.39 Å². The molecule has 0 unspecified atom stereocenters. The van der Waals surface area contributed by atoms with Gasteiger partial charge in [-0.25, -0.2) is 4.39 Å². The van der Waals surface area contributed by atoms with Gasteiger partial charge in [0.2, 0.25) is 0 Å². The van der Waals surface area contributed by atoms with E-state index in [1.54, 1.807) is 12.1 Å². The highest BCUT2D eigenvalue weighted by Crippen LogP contribution is 2.23. The first kappa shape index (κ1) is 14.3. The van der Waals surface area contributed by atoms with Crippen molar-refractivity contribution in [2.24, 2.45) is 0 Å². The molecule has 0 aliphatic rings. The van der Waals surface area contributed by atoms with E-state index in [9.17, 15) is 4.39 Å². The lowest BCUT2D eigenvalue weighted by atomic mass is 10.1. The Balaban J connectivity index is 1.90. The van der Waals surface area contributed by atoms with Gasteiger partial charge in [0.15, 0.2) is 0 Å². The van der Waals surface area contributed by atoms with Crippen LogP contribution in [-0.2, 0) is 13.1 Å². The maximum Gasteiger partial charge on any atom is 0.146 e. The van der Waals surface area contributed by atoms with Crippen molar-refractivity contribution in [2.75, 3.05) is 4.90 Å². The van der Waals surface area contributed by atoms with Crippen LogP contribution in [0.4, 0.5) is 10.1 Å². The van der Waals surface area contributed by atoms with E-state index < -0.39 is 0 Å². The second-order valence-corrected chi connectivity index (χ2v) is 5.20. The van der Waals surface area contributed by atoms with Gasteiger partial charge in [-0.15, -0.1) is 0 Å². The number of rotatable bonds is 5. The number of anilines is 1. The molecule has 2 heteroatoms. The molecule has 0 spiro atoms. The first-order valence-corrected chi connectivity index (χ1v) is 7.31. The Bertz CT molecular complexity index is 669. The fraction of sp³-hybridized carbons (Fsp3) is 0.100. The molecule has 1 nitrogen and oxygen atoms in total. The number of halogens is 1.